The molecule has 3 heteroatoms. The van der Waals surface area contributed by atoms with Crippen LogP contribution in [0, 0.1) is 0 Å². The molecule has 0 heterocycles. The van der Waals surface area contributed by atoms with Crippen LogP contribution in [-0.4, -0.2) is 14.2 Å². The molecule has 2 rings (SSSR count). The first kappa shape index (κ1) is 15.2. The highest BCUT2D eigenvalue weighted by Crippen LogP contribution is 2.23. The van der Waals surface area contributed by atoms with Crippen LogP contribution in [0.25, 0.3) is 0 Å². The average molecular weight is 285 g/mol. The van der Waals surface area contributed by atoms with Crippen LogP contribution in [0.4, 0.5) is 5.69 Å². The van der Waals surface area contributed by atoms with Gasteiger partial charge in [0.05, 0.1) is 14.2 Å². The van der Waals surface area contributed by atoms with E-state index in [9.17, 15) is 0 Å². The zero-order valence-electron chi connectivity index (χ0n) is 13.0. The predicted molar refractivity (Wildman–Crippen MR) is 87.3 cm³/mol. The van der Waals surface area contributed by atoms with E-state index in [1.54, 1.807) is 14.2 Å². The lowest BCUT2D eigenvalue weighted by Crippen LogP contribution is -2.00. The van der Waals surface area contributed by atoms with Gasteiger partial charge in [-0.2, -0.15) is 0 Å². The zero-order valence-corrected chi connectivity index (χ0v) is 13.0. The molecule has 0 saturated carbocycles. The van der Waals surface area contributed by atoms with Crippen molar-refractivity contribution < 1.29 is 9.47 Å². The number of aryl methyl sites for hydroxylation is 1. The van der Waals surface area contributed by atoms with Crippen LogP contribution in [0.15, 0.2) is 42.5 Å². The summed E-state index contributed by atoms with van der Waals surface area (Å²) in [4.78, 5) is 0. The van der Waals surface area contributed by atoms with Gasteiger partial charge in [-0.15, -0.1) is 0 Å². The SMILES string of the molecule is CCCc1ccc(NCc2cc(OC)cc(OC)c2)cc1. The van der Waals surface area contributed by atoms with Crippen molar-refractivity contribution in [1.29, 1.82) is 0 Å². The smallest absolute Gasteiger partial charge is 0.122 e. The zero-order chi connectivity index (χ0) is 15.1. The third-order valence-electron chi connectivity index (χ3n) is 3.40. The van der Waals surface area contributed by atoms with E-state index in [0.29, 0.717) is 0 Å². The lowest BCUT2D eigenvalue weighted by molar-refractivity contribution is 0.393. The van der Waals surface area contributed by atoms with Gasteiger partial charge in [0.1, 0.15) is 11.5 Å². The standard InChI is InChI=1S/C18H23NO2/c1-4-5-14-6-8-16(9-7-14)19-13-15-10-17(20-2)12-18(11-15)21-3/h6-12,19H,4-5,13H2,1-3H3. The molecule has 0 bridgehead atoms. The number of hydrogen-bond acceptors (Lipinski definition) is 3. The molecule has 2 aromatic rings. The van der Waals surface area contributed by atoms with Crippen LogP contribution in [0.5, 0.6) is 11.5 Å². The number of anilines is 1. The topological polar surface area (TPSA) is 30.5 Å². The quantitative estimate of drug-likeness (QED) is 0.824. The van der Waals surface area contributed by atoms with Gasteiger partial charge in [-0.1, -0.05) is 25.5 Å². The monoisotopic (exact) mass is 285 g/mol. The molecule has 0 spiro atoms. The van der Waals surface area contributed by atoms with Crippen molar-refractivity contribution in [3.63, 3.8) is 0 Å². The van der Waals surface area contributed by atoms with Gasteiger partial charge < -0.3 is 14.8 Å². The Labute approximate surface area is 126 Å². The molecule has 0 aliphatic carbocycles. The number of methoxy groups -OCH3 is 2. The van der Waals surface area contributed by atoms with Crippen LogP contribution in [0.1, 0.15) is 24.5 Å². The minimum Gasteiger partial charge on any atom is -0.497 e. The normalized spacial score (nSPS) is 10.2. The molecule has 0 amide bonds. The van der Waals surface area contributed by atoms with Crippen LogP contribution >= 0.6 is 0 Å². The van der Waals surface area contributed by atoms with Gasteiger partial charge in [-0.05, 0) is 41.8 Å². The summed E-state index contributed by atoms with van der Waals surface area (Å²) in [7, 11) is 3.33. The highest BCUT2D eigenvalue weighted by atomic mass is 16.5. The van der Waals surface area contributed by atoms with E-state index in [1.807, 2.05) is 18.2 Å². The van der Waals surface area contributed by atoms with E-state index in [1.165, 1.54) is 12.0 Å². The first-order valence-electron chi connectivity index (χ1n) is 7.30. The van der Waals surface area contributed by atoms with Gasteiger partial charge in [0, 0.05) is 18.3 Å². The van der Waals surface area contributed by atoms with E-state index in [-0.39, 0.29) is 0 Å². The van der Waals surface area contributed by atoms with E-state index < -0.39 is 0 Å². The second-order valence-corrected chi connectivity index (χ2v) is 5.02. The Balaban J connectivity index is 2.01. The second kappa shape index (κ2) is 7.58. The minimum absolute atomic E-state index is 0.737. The van der Waals surface area contributed by atoms with Crippen LogP contribution in [0.2, 0.25) is 0 Å². The fourth-order valence-corrected chi connectivity index (χ4v) is 2.25. The summed E-state index contributed by atoms with van der Waals surface area (Å²) in [6, 6.07) is 14.5. The van der Waals surface area contributed by atoms with Gasteiger partial charge in [0.15, 0.2) is 0 Å². The Morgan fingerprint density at radius 1 is 0.857 bits per heavy atom. The fourth-order valence-electron chi connectivity index (χ4n) is 2.25. The molecule has 0 saturated heterocycles. The Kier molecular flexibility index (Phi) is 5.50. The summed E-state index contributed by atoms with van der Waals surface area (Å²) >= 11 is 0. The molecule has 0 radical (unpaired) electrons. The van der Waals surface area contributed by atoms with E-state index in [0.717, 1.165) is 35.7 Å². The van der Waals surface area contributed by atoms with Crippen LogP contribution in [-0.2, 0) is 13.0 Å². The molecule has 3 nitrogen and oxygen atoms in total. The lowest BCUT2D eigenvalue weighted by Gasteiger charge is -2.11. The third-order valence-corrected chi connectivity index (χ3v) is 3.40. The average Bonchev–Trinajstić information content (AvgIpc) is 2.54. The fraction of sp³-hybridized carbons (Fsp3) is 0.333. The third kappa shape index (κ3) is 4.42. The molecular weight excluding hydrogens is 262 g/mol. The molecular formula is C18H23NO2. The van der Waals surface area contributed by atoms with Crippen LogP contribution in [0.3, 0.4) is 0 Å². The van der Waals surface area contributed by atoms with Gasteiger partial charge in [0.25, 0.3) is 0 Å². The number of ether oxygens (including phenoxy) is 2. The first-order chi connectivity index (χ1) is 10.2. The number of nitrogens with one attached hydrogen (secondary N) is 1. The maximum atomic E-state index is 5.28. The number of hydrogen-bond donors (Lipinski definition) is 1. The van der Waals surface area contributed by atoms with Crippen molar-refractivity contribution in [2.24, 2.45) is 0 Å². The van der Waals surface area contributed by atoms with Crippen molar-refractivity contribution in [1.82, 2.24) is 0 Å². The molecule has 112 valence electrons. The van der Waals surface area contributed by atoms with E-state index in [2.05, 4.69) is 36.5 Å². The Bertz CT molecular complexity index is 542. The maximum absolute atomic E-state index is 5.28. The summed E-state index contributed by atoms with van der Waals surface area (Å²) < 4.78 is 10.6. The van der Waals surface area contributed by atoms with Crippen LogP contribution < -0.4 is 14.8 Å². The molecule has 0 aliphatic rings. The molecule has 0 atom stereocenters. The largest absolute Gasteiger partial charge is 0.497 e. The van der Waals surface area contributed by atoms with Crippen molar-refractivity contribution >= 4 is 5.69 Å². The first-order valence-corrected chi connectivity index (χ1v) is 7.30. The Hall–Kier alpha value is -2.16. The molecule has 21 heavy (non-hydrogen) atoms. The summed E-state index contributed by atoms with van der Waals surface area (Å²) in [5.41, 5.74) is 3.63. The summed E-state index contributed by atoms with van der Waals surface area (Å²) in [6.07, 6.45) is 2.31. The van der Waals surface area contributed by atoms with Gasteiger partial charge in [0.2, 0.25) is 0 Å². The van der Waals surface area contributed by atoms with E-state index >= 15 is 0 Å². The van der Waals surface area contributed by atoms with Crippen molar-refractivity contribution in [3.05, 3.63) is 53.6 Å². The van der Waals surface area contributed by atoms with Crippen molar-refractivity contribution in [2.75, 3.05) is 19.5 Å². The maximum Gasteiger partial charge on any atom is 0.122 e. The molecule has 0 unspecified atom stereocenters. The highest BCUT2D eigenvalue weighted by Gasteiger charge is 2.02. The minimum atomic E-state index is 0.737. The van der Waals surface area contributed by atoms with Crippen molar-refractivity contribution in [2.45, 2.75) is 26.3 Å². The molecule has 0 aliphatic heterocycles. The Morgan fingerprint density at radius 2 is 1.48 bits per heavy atom. The van der Waals surface area contributed by atoms with E-state index in [4.69, 9.17) is 9.47 Å². The second-order valence-electron chi connectivity index (χ2n) is 5.02. The number of rotatable bonds is 7. The predicted octanol–water partition coefficient (Wildman–Crippen LogP) is 4.27. The summed E-state index contributed by atoms with van der Waals surface area (Å²) in [5.74, 6) is 1.62. The van der Waals surface area contributed by atoms with Gasteiger partial charge >= 0.3 is 0 Å². The highest BCUT2D eigenvalue weighted by molar-refractivity contribution is 5.46. The van der Waals surface area contributed by atoms with Gasteiger partial charge in [-0.3, -0.25) is 0 Å². The number of benzene rings is 2. The summed E-state index contributed by atoms with van der Waals surface area (Å²) in [6.45, 7) is 2.93. The molecule has 0 fully saturated rings. The summed E-state index contributed by atoms with van der Waals surface area (Å²) in [5, 5.41) is 3.42. The molecule has 0 aromatic heterocycles. The van der Waals surface area contributed by atoms with Gasteiger partial charge in [-0.25, -0.2) is 0 Å². The molecule has 1 N–H and O–H groups in total. The molecule has 2 aromatic carbocycles. The van der Waals surface area contributed by atoms with Crippen molar-refractivity contribution in [3.8, 4) is 11.5 Å². The lowest BCUT2D eigenvalue weighted by atomic mass is 10.1. The Morgan fingerprint density at radius 3 is 2.00 bits per heavy atom.